The molecule has 3 fully saturated rings. The number of aryl methyl sites for hydroxylation is 1. The van der Waals surface area contributed by atoms with Crippen LogP contribution in [-0.2, 0) is 11.2 Å². The van der Waals surface area contributed by atoms with Crippen molar-refractivity contribution >= 4 is 5.97 Å². The highest BCUT2D eigenvalue weighted by Crippen LogP contribution is 2.72. The molecule has 1 aromatic carbocycles. The van der Waals surface area contributed by atoms with Crippen LogP contribution in [0.4, 0.5) is 0 Å². The van der Waals surface area contributed by atoms with Crippen LogP contribution >= 0.6 is 0 Å². The van der Waals surface area contributed by atoms with Crippen LogP contribution in [0.3, 0.4) is 0 Å². The summed E-state index contributed by atoms with van der Waals surface area (Å²) in [6.45, 7) is 0. The predicted octanol–water partition coefficient (Wildman–Crippen LogP) is 4.29. The van der Waals surface area contributed by atoms with E-state index < -0.39 is 5.97 Å². The highest BCUT2D eigenvalue weighted by atomic mass is 16.4. The molecule has 26 heavy (non-hydrogen) atoms. The van der Waals surface area contributed by atoms with Gasteiger partial charge in [0.05, 0.1) is 0 Å². The summed E-state index contributed by atoms with van der Waals surface area (Å²) in [4.78, 5) is 11.0. The van der Waals surface area contributed by atoms with Crippen molar-refractivity contribution in [3.05, 3.63) is 54.1 Å². The number of allylic oxidation sites excluding steroid dienone is 3. The van der Waals surface area contributed by atoms with Crippen molar-refractivity contribution < 1.29 is 15.0 Å². The standard InChI is InChI=1S/C23H26O3/c24-14-6-4-13(5-7-14)2-1-3-16-20-12-19-15(10-11-21(25)26)17-8-9-18(19)23(20)22(16)17/h4-11,15-20,22-24H,1-3,12H2,(H,25,26). The molecule has 0 aromatic heterocycles. The van der Waals surface area contributed by atoms with Crippen molar-refractivity contribution in [2.45, 2.75) is 25.7 Å². The van der Waals surface area contributed by atoms with Crippen LogP contribution in [0.1, 0.15) is 24.8 Å². The number of benzene rings is 1. The number of phenolic OH excluding ortho intramolecular Hbond substituents is 1. The van der Waals surface area contributed by atoms with E-state index in [0.717, 1.165) is 30.1 Å². The lowest BCUT2D eigenvalue weighted by atomic mass is 9.45. The normalized spacial score (nSPS) is 41.5. The van der Waals surface area contributed by atoms with Gasteiger partial charge < -0.3 is 10.2 Å². The monoisotopic (exact) mass is 350 g/mol. The average Bonchev–Trinajstić information content (AvgIpc) is 2.85. The predicted molar refractivity (Wildman–Crippen MR) is 99.5 cm³/mol. The van der Waals surface area contributed by atoms with E-state index in [-0.39, 0.29) is 0 Å². The van der Waals surface area contributed by atoms with Crippen molar-refractivity contribution in [1.29, 1.82) is 0 Å². The van der Waals surface area contributed by atoms with Crippen LogP contribution in [0.25, 0.3) is 0 Å². The Kier molecular flexibility index (Phi) is 3.73. The molecule has 6 rings (SSSR count). The van der Waals surface area contributed by atoms with E-state index in [9.17, 15) is 9.90 Å². The van der Waals surface area contributed by atoms with Crippen molar-refractivity contribution in [1.82, 2.24) is 0 Å². The minimum atomic E-state index is -0.817. The smallest absolute Gasteiger partial charge is 0.327 e. The Hall–Kier alpha value is -2.03. The van der Waals surface area contributed by atoms with Crippen molar-refractivity contribution in [3.63, 3.8) is 0 Å². The quantitative estimate of drug-likeness (QED) is 0.594. The first-order valence-corrected chi connectivity index (χ1v) is 10.0. The second kappa shape index (κ2) is 6.00. The van der Waals surface area contributed by atoms with Gasteiger partial charge in [-0.1, -0.05) is 30.4 Å². The highest BCUT2D eigenvalue weighted by molar-refractivity contribution is 5.79. The summed E-state index contributed by atoms with van der Waals surface area (Å²) in [5.74, 6) is 5.23. The number of carboxylic acids is 1. The summed E-state index contributed by atoms with van der Waals surface area (Å²) in [6, 6.07) is 7.60. The molecule has 1 aromatic rings. The summed E-state index contributed by atoms with van der Waals surface area (Å²) in [6.07, 6.45) is 13.1. The fraction of sp³-hybridized carbons (Fsp3) is 0.522. The number of phenols is 1. The Morgan fingerprint density at radius 1 is 1.08 bits per heavy atom. The zero-order chi connectivity index (χ0) is 17.8. The van der Waals surface area contributed by atoms with Gasteiger partial charge in [0.15, 0.2) is 0 Å². The van der Waals surface area contributed by atoms with Crippen molar-refractivity contribution in [3.8, 4) is 5.75 Å². The minimum Gasteiger partial charge on any atom is -0.508 e. The molecule has 0 aliphatic heterocycles. The summed E-state index contributed by atoms with van der Waals surface area (Å²) in [5.41, 5.74) is 1.30. The van der Waals surface area contributed by atoms with Gasteiger partial charge in [-0.2, -0.15) is 0 Å². The maximum atomic E-state index is 11.0. The molecule has 136 valence electrons. The molecular formula is C23H26O3. The van der Waals surface area contributed by atoms with Crippen LogP contribution in [0.5, 0.6) is 5.75 Å². The third-order valence-corrected chi connectivity index (χ3v) is 7.81. The van der Waals surface area contributed by atoms with Crippen LogP contribution in [-0.4, -0.2) is 16.2 Å². The van der Waals surface area contributed by atoms with E-state index in [0.29, 0.717) is 29.4 Å². The van der Waals surface area contributed by atoms with Crippen LogP contribution in [0, 0.1) is 47.3 Å². The highest BCUT2D eigenvalue weighted by Gasteiger charge is 2.67. The minimum absolute atomic E-state index is 0.335. The lowest BCUT2D eigenvalue weighted by molar-refractivity contribution is -0.131. The first kappa shape index (κ1) is 16.2. The third-order valence-electron chi connectivity index (χ3n) is 7.81. The van der Waals surface area contributed by atoms with Crippen LogP contribution < -0.4 is 0 Å². The molecule has 4 bridgehead atoms. The van der Waals surface area contributed by atoms with Gasteiger partial charge in [0, 0.05) is 6.08 Å². The topological polar surface area (TPSA) is 57.5 Å². The molecule has 8 unspecified atom stereocenters. The fourth-order valence-electron chi connectivity index (χ4n) is 6.98. The van der Waals surface area contributed by atoms with Gasteiger partial charge in [-0.05, 0) is 90.7 Å². The van der Waals surface area contributed by atoms with E-state index in [1.807, 2.05) is 18.2 Å². The maximum Gasteiger partial charge on any atom is 0.327 e. The molecule has 0 spiro atoms. The summed E-state index contributed by atoms with van der Waals surface area (Å²) >= 11 is 0. The molecule has 5 aliphatic carbocycles. The molecule has 3 saturated carbocycles. The lowest BCUT2D eigenvalue weighted by Crippen LogP contribution is -2.55. The molecule has 8 atom stereocenters. The zero-order valence-corrected chi connectivity index (χ0v) is 14.9. The average molecular weight is 350 g/mol. The molecule has 2 N–H and O–H groups in total. The summed E-state index contributed by atoms with van der Waals surface area (Å²) in [7, 11) is 0. The van der Waals surface area contributed by atoms with Gasteiger partial charge in [-0.15, -0.1) is 0 Å². The number of carboxylic acid groups (broad SMARTS) is 1. The lowest BCUT2D eigenvalue weighted by Gasteiger charge is -2.59. The fourth-order valence-corrected chi connectivity index (χ4v) is 6.98. The first-order valence-electron chi connectivity index (χ1n) is 10.0. The zero-order valence-electron chi connectivity index (χ0n) is 14.9. The van der Waals surface area contributed by atoms with Crippen molar-refractivity contribution in [2.24, 2.45) is 47.3 Å². The number of aromatic hydroxyl groups is 1. The Labute approximate surface area is 154 Å². The van der Waals surface area contributed by atoms with E-state index in [1.54, 1.807) is 12.1 Å². The second-order valence-corrected chi connectivity index (χ2v) is 8.75. The van der Waals surface area contributed by atoms with Gasteiger partial charge in [0.25, 0.3) is 0 Å². The Bertz CT molecular complexity index is 762. The Morgan fingerprint density at radius 2 is 1.85 bits per heavy atom. The van der Waals surface area contributed by atoms with Crippen molar-refractivity contribution in [2.75, 3.05) is 0 Å². The number of carbonyl (C=O) groups is 1. The number of hydrogen-bond donors (Lipinski definition) is 2. The van der Waals surface area contributed by atoms with Crippen LogP contribution in [0.15, 0.2) is 48.6 Å². The summed E-state index contributed by atoms with van der Waals surface area (Å²) in [5, 5.41) is 18.4. The van der Waals surface area contributed by atoms with E-state index in [1.165, 1.54) is 30.9 Å². The first-order chi connectivity index (χ1) is 12.6. The van der Waals surface area contributed by atoms with Gasteiger partial charge in [0.2, 0.25) is 0 Å². The van der Waals surface area contributed by atoms with E-state index in [4.69, 9.17) is 5.11 Å². The van der Waals surface area contributed by atoms with E-state index >= 15 is 0 Å². The third kappa shape index (κ3) is 2.36. The van der Waals surface area contributed by atoms with Crippen LogP contribution in [0.2, 0.25) is 0 Å². The van der Waals surface area contributed by atoms with E-state index in [2.05, 4.69) is 12.2 Å². The van der Waals surface area contributed by atoms with Gasteiger partial charge >= 0.3 is 5.97 Å². The Balaban J connectivity index is 1.27. The molecule has 0 heterocycles. The summed E-state index contributed by atoms with van der Waals surface area (Å²) < 4.78 is 0. The molecular weight excluding hydrogens is 324 g/mol. The Morgan fingerprint density at radius 3 is 2.62 bits per heavy atom. The molecule has 0 radical (unpaired) electrons. The molecule has 3 nitrogen and oxygen atoms in total. The van der Waals surface area contributed by atoms with Gasteiger partial charge in [-0.3, -0.25) is 0 Å². The van der Waals surface area contributed by atoms with Gasteiger partial charge in [-0.25, -0.2) is 4.79 Å². The molecule has 5 aliphatic rings. The number of rotatable bonds is 6. The number of hydrogen-bond acceptors (Lipinski definition) is 2. The largest absolute Gasteiger partial charge is 0.508 e. The molecule has 0 amide bonds. The molecule has 3 heteroatoms. The molecule has 0 saturated heterocycles. The second-order valence-electron chi connectivity index (χ2n) is 8.75. The maximum absolute atomic E-state index is 11.0. The number of aliphatic carboxylic acids is 1. The van der Waals surface area contributed by atoms with Gasteiger partial charge in [0.1, 0.15) is 5.75 Å². The SMILES string of the molecule is O=C(O)C=CC1C2C=CC3C1CC1C(CCCc4ccc(O)cc4)C2C31.